The standard InChI is InChI=1S/C16H18FN7O/c17-10-5-4-6-11(12(10)13-20-9-25-23-13)24-15(19)21-14(18)22-16(24)7-2-1-3-8-16/h4-6,9H,1-3,7-8H2,(H4,18,19,21,22). The number of benzene rings is 1. The van der Waals surface area contributed by atoms with Gasteiger partial charge in [-0.15, -0.1) is 0 Å². The normalized spacial score (nSPS) is 19.6. The molecule has 0 atom stereocenters. The van der Waals surface area contributed by atoms with Gasteiger partial charge >= 0.3 is 0 Å². The summed E-state index contributed by atoms with van der Waals surface area (Å²) in [5, 5.41) is 3.78. The maximum absolute atomic E-state index is 14.6. The van der Waals surface area contributed by atoms with E-state index in [1.165, 1.54) is 6.07 Å². The Morgan fingerprint density at radius 2 is 1.96 bits per heavy atom. The van der Waals surface area contributed by atoms with Gasteiger partial charge in [0, 0.05) is 0 Å². The van der Waals surface area contributed by atoms with Crippen LogP contribution in [0, 0.1) is 5.82 Å². The van der Waals surface area contributed by atoms with E-state index < -0.39 is 11.5 Å². The van der Waals surface area contributed by atoms with Gasteiger partial charge in [0.05, 0.1) is 11.3 Å². The van der Waals surface area contributed by atoms with Gasteiger partial charge in [-0.25, -0.2) is 9.38 Å². The average molecular weight is 343 g/mol. The molecule has 1 fully saturated rings. The lowest BCUT2D eigenvalue weighted by atomic mass is 9.87. The smallest absolute Gasteiger partial charge is 0.220 e. The summed E-state index contributed by atoms with van der Waals surface area (Å²) in [6.07, 6.45) is 5.74. The van der Waals surface area contributed by atoms with Gasteiger partial charge < -0.3 is 16.0 Å². The quantitative estimate of drug-likeness (QED) is 0.860. The monoisotopic (exact) mass is 343 g/mol. The van der Waals surface area contributed by atoms with Crippen LogP contribution in [0.3, 0.4) is 0 Å². The Labute approximate surface area is 143 Å². The molecule has 0 unspecified atom stereocenters. The fourth-order valence-electron chi connectivity index (χ4n) is 3.67. The Morgan fingerprint density at radius 1 is 1.16 bits per heavy atom. The molecule has 25 heavy (non-hydrogen) atoms. The van der Waals surface area contributed by atoms with Crippen molar-refractivity contribution < 1.29 is 8.91 Å². The van der Waals surface area contributed by atoms with E-state index in [-0.39, 0.29) is 23.3 Å². The Bertz CT molecular complexity index is 840. The van der Waals surface area contributed by atoms with E-state index in [4.69, 9.17) is 16.0 Å². The molecule has 8 nitrogen and oxygen atoms in total. The van der Waals surface area contributed by atoms with Gasteiger partial charge in [-0.3, -0.25) is 4.90 Å². The van der Waals surface area contributed by atoms with Crippen LogP contribution in [0.1, 0.15) is 32.1 Å². The van der Waals surface area contributed by atoms with Gasteiger partial charge in [-0.2, -0.15) is 9.98 Å². The van der Waals surface area contributed by atoms with Crippen LogP contribution in [0.15, 0.2) is 39.1 Å². The Kier molecular flexibility index (Phi) is 3.63. The molecule has 4 N–H and O–H groups in total. The molecule has 1 saturated carbocycles. The molecule has 2 heterocycles. The van der Waals surface area contributed by atoms with Crippen molar-refractivity contribution in [3.05, 3.63) is 30.4 Å². The second-order valence-corrected chi connectivity index (χ2v) is 6.21. The third-order valence-corrected chi connectivity index (χ3v) is 4.67. The zero-order valence-electron chi connectivity index (χ0n) is 13.5. The summed E-state index contributed by atoms with van der Waals surface area (Å²) in [6, 6.07) is 4.71. The van der Waals surface area contributed by atoms with Crippen molar-refractivity contribution in [1.29, 1.82) is 0 Å². The van der Waals surface area contributed by atoms with Crippen molar-refractivity contribution in [2.45, 2.75) is 37.8 Å². The summed E-state index contributed by atoms with van der Waals surface area (Å²) < 4.78 is 19.4. The van der Waals surface area contributed by atoms with Crippen molar-refractivity contribution in [3.63, 3.8) is 0 Å². The summed E-state index contributed by atoms with van der Waals surface area (Å²) >= 11 is 0. The summed E-state index contributed by atoms with van der Waals surface area (Å²) in [4.78, 5) is 14.5. The van der Waals surface area contributed by atoms with Crippen molar-refractivity contribution in [1.82, 2.24) is 10.1 Å². The minimum atomic E-state index is -0.666. The molecule has 130 valence electrons. The summed E-state index contributed by atoms with van der Waals surface area (Å²) in [7, 11) is 0. The number of aliphatic imine (C=N–C) groups is 2. The molecule has 4 rings (SSSR count). The number of guanidine groups is 2. The molecule has 0 saturated heterocycles. The third kappa shape index (κ3) is 2.51. The van der Waals surface area contributed by atoms with E-state index in [0.717, 1.165) is 38.5 Å². The largest absolute Gasteiger partial charge is 0.369 e. The van der Waals surface area contributed by atoms with E-state index in [0.29, 0.717) is 5.69 Å². The number of aromatic nitrogens is 2. The molecule has 0 bridgehead atoms. The van der Waals surface area contributed by atoms with E-state index in [1.807, 2.05) is 0 Å². The van der Waals surface area contributed by atoms with Crippen molar-refractivity contribution >= 4 is 17.6 Å². The molecule has 0 amide bonds. The first-order valence-electron chi connectivity index (χ1n) is 8.16. The first-order valence-corrected chi connectivity index (χ1v) is 8.16. The molecule has 9 heteroatoms. The number of rotatable bonds is 2. The lowest BCUT2D eigenvalue weighted by Gasteiger charge is -2.46. The average Bonchev–Trinajstić information content (AvgIpc) is 3.09. The summed E-state index contributed by atoms with van der Waals surface area (Å²) in [6.45, 7) is 0. The number of halogens is 1. The van der Waals surface area contributed by atoms with E-state index in [9.17, 15) is 4.39 Å². The summed E-state index contributed by atoms with van der Waals surface area (Å²) in [5.41, 5.74) is 12.1. The van der Waals surface area contributed by atoms with E-state index in [2.05, 4.69) is 20.1 Å². The number of hydrogen-bond acceptors (Lipinski definition) is 8. The van der Waals surface area contributed by atoms with Crippen molar-refractivity contribution in [2.75, 3.05) is 4.90 Å². The fourth-order valence-corrected chi connectivity index (χ4v) is 3.67. The Balaban J connectivity index is 1.91. The van der Waals surface area contributed by atoms with Crippen LogP contribution in [0.4, 0.5) is 10.1 Å². The number of hydrogen-bond donors (Lipinski definition) is 2. The van der Waals surface area contributed by atoms with Crippen LogP contribution in [-0.2, 0) is 0 Å². The molecule has 1 spiro atoms. The van der Waals surface area contributed by atoms with Crippen molar-refractivity contribution in [2.24, 2.45) is 21.5 Å². The molecule has 1 aromatic carbocycles. The summed E-state index contributed by atoms with van der Waals surface area (Å²) in [5.74, 6) is 0.00692. The van der Waals surface area contributed by atoms with Crippen LogP contribution in [0.25, 0.3) is 11.4 Å². The fraction of sp³-hybridized carbons (Fsp3) is 0.375. The van der Waals surface area contributed by atoms with Crippen LogP contribution < -0.4 is 16.4 Å². The van der Waals surface area contributed by atoms with Gasteiger partial charge in [0.2, 0.25) is 24.1 Å². The van der Waals surface area contributed by atoms with Gasteiger partial charge in [0.25, 0.3) is 0 Å². The number of nitrogens with zero attached hydrogens (tertiary/aromatic N) is 5. The molecular weight excluding hydrogens is 325 g/mol. The van der Waals surface area contributed by atoms with Crippen LogP contribution in [0.2, 0.25) is 0 Å². The van der Waals surface area contributed by atoms with Crippen molar-refractivity contribution in [3.8, 4) is 11.4 Å². The van der Waals surface area contributed by atoms with E-state index >= 15 is 0 Å². The van der Waals surface area contributed by atoms with Gasteiger partial charge in [-0.05, 0) is 37.8 Å². The molecule has 2 aromatic rings. The molecular formula is C16H18FN7O. The maximum atomic E-state index is 14.6. The highest BCUT2D eigenvalue weighted by atomic mass is 19.1. The zero-order valence-corrected chi connectivity index (χ0v) is 13.5. The van der Waals surface area contributed by atoms with E-state index in [1.54, 1.807) is 17.0 Å². The SMILES string of the molecule is NC1=NC2(CCCCC2)N(c2cccc(F)c2-c2ncon2)C(N)=N1. The second-order valence-electron chi connectivity index (χ2n) is 6.21. The Hall–Kier alpha value is -2.97. The van der Waals surface area contributed by atoms with Gasteiger partial charge in [0.1, 0.15) is 11.5 Å². The van der Waals surface area contributed by atoms with Crippen LogP contribution in [0.5, 0.6) is 0 Å². The molecule has 1 aromatic heterocycles. The molecule has 1 aliphatic carbocycles. The topological polar surface area (TPSA) is 119 Å². The predicted octanol–water partition coefficient (Wildman–Crippen LogP) is 1.99. The maximum Gasteiger partial charge on any atom is 0.220 e. The minimum Gasteiger partial charge on any atom is -0.369 e. The zero-order chi connectivity index (χ0) is 17.4. The second kappa shape index (κ2) is 5.83. The highest BCUT2D eigenvalue weighted by Gasteiger charge is 2.43. The number of anilines is 1. The molecule has 0 radical (unpaired) electrons. The molecule has 2 aliphatic rings. The van der Waals surface area contributed by atoms with Crippen LogP contribution >= 0.6 is 0 Å². The highest BCUT2D eigenvalue weighted by Crippen LogP contribution is 2.42. The Morgan fingerprint density at radius 3 is 2.68 bits per heavy atom. The first kappa shape index (κ1) is 15.6. The number of nitrogens with two attached hydrogens (primary N) is 2. The third-order valence-electron chi connectivity index (χ3n) is 4.67. The van der Waals surface area contributed by atoms with Gasteiger partial charge in [-0.1, -0.05) is 17.6 Å². The highest BCUT2D eigenvalue weighted by molar-refractivity contribution is 6.07. The first-order chi connectivity index (χ1) is 12.1. The predicted molar refractivity (Wildman–Crippen MR) is 91.2 cm³/mol. The minimum absolute atomic E-state index is 0.146. The lowest BCUT2D eigenvalue weighted by Crippen LogP contribution is -2.58. The van der Waals surface area contributed by atoms with Gasteiger partial charge in [0.15, 0.2) is 0 Å². The lowest BCUT2D eigenvalue weighted by molar-refractivity contribution is 0.305. The molecule has 1 aliphatic heterocycles. The van der Waals surface area contributed by atoms with Crippen LogP contribution in [-0.4, -0.2) is 27.7 Å².